The zero-order chi connectivity index (χ0) is 11.8. The standard InChI is InChI=1S/C13H20N2O/c1-4-6-9-16-13-8-7-12(10-14-5-2)11(3)15-13/h4,6-8,14H,5,9-10H2,1-3H3/b6-4+. The minimum atomic E-state index is 0.579. The summed E-state index contributed by atoms with van der Waals surface area (Å²) in [5.74, 6) is 0.691. The third-order valence-electron chi connectivity index (χ3n) is 2.30. The van der Waals surface area contributed by atoms with Gasteiger partial charge in [0.05, 0.1) is 0 Å². The zero-order valence-corrected chi connectivity index (χ0v) is 10.3. The number of aryl methyl sites for hydroxylation is 1. The molecule has 1 rings (SSSR count). The average molecular weight is 220 g/mol. The van der Waals surface area contributed by atoms with Gasteiger partial charge in [-0.15, -0.1) is 0 Å². The van der Waals surface area contributed by atoms with Crippen molar-refractivity contribution < 1.29 is 4.74 Å². The summed E-state index contributed by atoms with van der Waals surface area (Å²) in [6.07, 6.45) is 3.93. The highest BCUT2D eigenvalue weighted by molar-refractivity contribution is 5.24. The first-order valence-corrected chi connectivity index (χ1v) is 5.69. The summed E-state index contributed by atoms with van der Waals surface area (Å²) in [5.41, 5.74) is 2.25. The largest absolute Gasteiger partial charge is 0.473 e. The molecule has 0 unspecified atom stereocenters. The molecule has 0 radical (unpaired) electrons. The highest BCUT2D eigenvalue weighted by Crippen LogP contribution is 2.12. The minimum Gasteiger partial charge on any atom is -0.473 e. The third-order valence-corrected chi connectivity index (χ3v) is 2.30. The Bertz CT molecular complexity index is 348. The van der Waals surface area contributed by atoms with Crippen molar-refractivity contribution in [3.05, 3.63) is 35.5 Å². The molecule has 0 aliphatic carbocycles. The molecule has 0 spiro atoms. The lowest BCUT2D eigenvalue weighted by molar-refractivity contribution is 0.347. The summed E-state index contributed by atoms with van der Waals surface area (Å²) in [4.78, 5) is 4.40. The maximum Gasteiger partial charge on any atom is 0.213 e. The molecule has 0 bridgehead atoms. The Morgan fingerprint density at radius 1 is 1.44 bits per heavy atom. The average Bonchev–Trinajstić information content (AvgIpc) is 2.28. The zero-order valence-electron chi connectivity index (χ0n) is 10.3. The molecule has 0 saturated carbocycles. The normalized spacial score (nSPS) is 10.9. The molecular weight excluding hydrogens is 200 g/mol. The van der Waals surface area contributed by atoms with Crippen LogP contribution in [0.2, 0.25) is 0 Å². The Balaban J connectivity index is 2.59. The summed E-state index contributed by atoms with van der Waals surface area (Å²) in [7, 11) is 0. The predicted molar refractivity (Wildman–Crippen MR) is 66.7 cm³/mol. The van der Waals surface area contributed by atoms with Crippen molar-refractivity contribution in [1.29, 1.82) is 0 Å². The van der Waals surface area contributed by atoms with Gasteiger partial charge in [-0.1, -0.05) is 25.1 Å². The van der Waals surface area contributed by atoms with Crippen LogP contribution in [0.5, 0.6) is 5.88 Å². The smallest absolute Gasteiger partial charge is 0.213 e. The van der Waals surface area contributed by atoms with E-state index in [-0.39, 0.29) is 0 Å². The van der Waals surface area contributed by atoms with Crippen LogP contribution in [0.1, 0.15) is 25.1 Å². The SMILES string of the molecule is C/C=C/COc1ccc(CNCC)c(C)n1. The maximum atomic E-state index is 5.47. The number of nitrogens with one attached hydrogen (secondary N) is 1. The lowest BCUT2D eigenvalue weighted by Gasteiger charge is -2.08. The molecule has 0 saturated heterocycles. The molecule has 0 amide bonds. The second-order valence-electron chi connectivity index (χ2n) is 3.55. The van der Waals surface area contributed by atoms with Gasteiger partial charge < -0.3 is 10.1 Å². The van der Waals surface area contributed by atoms with E-state index >= 15 is 0 Å². The fraction of sp³-hybridized carbons (Fsp3) is 0.462. The van der Waals surface area contributed by atoms with E-state index in [2.05, 4.69) is 23.3 Å². The first-order valence-electron chi connectivity index (χ1n) is 5.69. The van der Waals surface area contributed by atoms with E-state index in [1.54, 1.807) is 0 Å². The topological polar surface area (TPSA) is 34.1 Å². The van der Waals surface area contributed by atoms with Gasteiger partial charge in [0.2, 0.25) is 5.88 Å². The van der Waals surface area contributed by atoms with Gasteiger partial charge in [0.1, 0.15) is 6.61 Å². The predicted octanol–water partition coefficient (Wildman–Crippen LogP) is 2.45. The van der Waals surface area contributed by atoms with Crippen LogP contribution in [0.15, 0.2) is 24.3 Å². The Hall–Kier alpha value is -1.35. The van der Waals surface area contributed by atoms with Crippen LogP contribution in [0, 0.1) is 6.92 Å². The Kier molecular flexibility index (Phi) is 5.57. The van der Waals surface area contributed by atoms with E-state index in [9.17, 15) is 0 Å². The van der Waals surface area contributed by atoms with Crippen molar-refractivity contribution >= 4 is 0 Å². The molecule has 0 aromatic carbocycles. The second-order valence-corrected chi connectivity index (χ2v) is 3.55. The lowest BCUT2D eigenvalue weighted by atomic mass is 10.2. The first-order chi connectivity index (χ1) is 7.77. The van der Waals surface area contributed by atoms with Gasteiger partial charge in [0, 0.05) is 18.3 Å². The number of nitrogens with zero attached hydrogens (tertiary/aromatic N) is 1. The van der Waals surface area contributed by atoms with E-state index in [1.165, 1.54) is 5.56 Å². The second kappa shape index (κ2) is 7.01. The fourth-order valence-electron chi connectivity index (χ4n) is 1.32. The molecule has 0 aliphatic rings. The summed E-state index contributed by atoms with van der Waals surface area (Å²) in [5, 5.41) is 3.29. The van der Waals surface area contributed by atoms with Crippen molar-refractivity contribution in [3.8, 4) is 5.88 Å². The van der Waals surface area contributed by atoms with Gasteiger partial charge in [-0.25, -0.2) is 4.98 Å². The molecule has 1 aromatic rings. The van der Waals surface area contributed by atoms with E-state index in [0.717, 1.165) is 18.8 Å². The van der Waals surface area contributed by atoms with Gasteiger partial charge >= 0.3 is 0 Å². The molecule has 0 aliphatic heterocycles. The van der Waals surface area contributed by atoms with Crippen LogP contribution >= 0.6 is 0 Å². The number of hydrogen-bond acceptors (Lipinski definition) is 3. The first kappa shape index (κ1) is 12.7. The van der Waals surface area contributed by atoms with Gasteiger partial charge in [-0.3, -0.25) is 0 Å². The molecule has 0 atom stereocenters. The Labute approximate surface area is 97.5 Å². The summed E-state index contributed by atoms with van der Waals surface area (Å²) in [6, 6.07) is 3.99. The van der Waals surface area contributed by atoms with Crippen molar-refractivity contribution in [2.24, 2.45) is 0 Å². The summed E-state index contributed by atoms with van der Waals surface area (Å²) in [6.45, 7) is 8.49. The molecule has 1 aromatic heterocycles. The quantitative estimate of drug-likeness (QED) is 0.748. The van der Waals surface area contributed by atoms with E-state index in [1.807, 2.05) is 32.1 Å². The number of aromatic nitrogens is 1. The third kappa shape index (κ3) is 4.03. The van der Waals surface area contributed by atoms with E-state index in [0.29, 0.717) is 12.5 Å². The summed E-state index contributed by atoms with van der Waals surface area (Å²) >= 11 is 0. The van der Waals surface area contributed by atoms with Crippen LogP contribution in [-0.2, 0) is 6.54 Å². The molecule has 0 fully saturated rings. The number of rotatable bonds is 6. The molecule has 16 heavy (non-hydrogen) atoms. The van der Waals surface area contributed by atoms with Crippen molar-refractivity contribution in [2.45, 2.75) is 27.3 Å². The Morgan fingerprint density at radius 2 is 2.25 bits per heavy atom. The molecule has 1 N–H and O–H groups in total. The van der Waals surface area contributed by atoms with Crippen LogP contribution < -0.4 is 10.1 Å². The maximum absolute atomic E-state index is 5.47. The highest BCUT2D eigenvalue weighted by atomic mass is 16.5. The molecule has 3 nitrogen and oxygen atoms in total. The molecule has 1 heterocycles. The van der Waals surface area contributed by atoms with E-state index < -0.39 is 0 Å². The minimum absolute atomic E-state index is 0.579. The number of hydrogen-bond donors (Lipinski definition) is 1. The number of allylic oxidation sites excluding steroid dienone is 1. The van der Waals surface area contributed by atoms with Gasteiger partial charge in [-0.05, 0) is 26.0 Å². The fourth-order valence-corrected chi connectivity index (χ4v) is 1.32. The Morgan fingerprint density at radius 3 is 2.88 bits per heavy atom. The van der Waals surface area contributed by atoms with Crippen molar-refractivity contribution in [2.75, 3.05) is 13.2 Å². The van der Waals surface area contributed by atoms with Crippen molar-refractivity contribution in [3.63, 3.8) is 0 Å². The molecular formula is C13H20N2O. The van der Waals surface area contributed by atoms with Crippen LogP contribution in [0.3, 0.4) is 0 Å². The number of pyridine rings is 1. The van der Waals surface area contributed by atoms with Gasteiger partial charge in [0.15, 0.2) is 0 Å². The van der Waals surface area contributed by atoms with Crippen LogP contribution in [-0.4, -0.2) is 18.1 Å². The summed E-state index contributed by atoms with van der Waals surface area (Å²) < 4.78 is 5.47. The van der Waals surface area contributed by atoms with Crippen LogP contribution in [0.4, 0.5) is 0 Å². The molecule has 3 heteroatoms. The van der Waals surface area contributed by atoms with Gasteiger partial charge in [-0.2, -0.15) is 0 Å². The number of ether oxygens (including phenoxy) is 1. The van der Waals surface area contributed by atoms with Crippen molar-refractivity contribution in [1.82, 2.24) is 10.3 Å². The van der Waals surface area contributed by atoms with Crippen LogP contribution in [0.25, 0.3) is 0 Å². The highest BCUT2D eigenvalue weighted by Gasteiger charge is 2.01. The van der Waals surface area contributed by atoms with Gasteiger partial charge in [0.25, 0.3) is 0 Å². The molecule has 88 valence electrons. The van der Waals surface area contributed by atoms with E-state index in [4.69, 9.17) is 4.74 Å². The monoisotopic (exact) mass is 220 g/mol. The lowest BCUT2D eigenvalue weighted by Crippen LogP contribution is -2.13.